The summed E-state index contributed by atoms with van der Waals surface area (Å²) in [5.74, 6) is 3.05. The van der Waals surface area contributed by atoms with Crippen LogP contribution < -0.4 is 5.32 Å². The van der Waals surface area contributed by atoms with Gasteiger partial charge in [0.15, 0.2) is 0 Å². The van der Waals surface area contributed by atoms with Crippen molar-refractivity contribution >= 4 is 0 Å². The molecule has 0 aromatic carbocycles. The van der Waals surface area contributed by atoms with E-state index in [9.17, 15) is 0 Å². The summed E-state index contributed by atoms with van der Waals surface area (Å²) in [4.78, 5) is 0. The molecule has 4 heteroatoms. The number of aryl methyl sites for hydroxylation is 1. The van der Waals surface area contributed by atoms with E-state index in [1.807, 2.05) is 0 Å². The highest BCUT2D eigenvalue weighted by Crippen LogP contribution is 2.39. The third kappa shape index (κ3) is 1.96. The number of hydrogen-bond acceptors (Lipinski definition) is 3. The summed E-state index contributed by atoms with van der Waals surface area (Å²) in [6.07, 6.45) is 6.77. The lowest BCUT2D eigenvalue weighted by Crippen LogP contribution is -2.31. The van der Waals surface area contributed by atoms with Crippen molar-refractivity contribution in [2.75, 3.05) is 0 Å². The van der Waals surface area contributed by atoms with Crippen LogP contribution in [0.2, 0.25) is 0 Å². The van der Waals surface area contributed by atoms with Gasteiger partial charge in [-0.15, -0.1) is 10.2 Å². The first-order valence-corrected chi connectivity index (χ1v) is 7.34. The van der Waals surface area contributed by atoms with Crippen LogP contribution >= 0.6 is 0 Å². The topological polar surface area (TPSA) is 42.7 Å². The first-order chi connectivity index (χ1) is 8.66. The van der Waals surface area contributed by atoms with Gasteiger partial charge in [-0.3, -0.25) is 0 Å². The summed E-state index contributed by atoms with van der Waals surface area (Å²) >= 11 is 0. The minimum absolute atomic E-state index is 0.418. The van der Waals surface area contributed by atoms with Gasteiger partial charge in [-0.05, 0) is 46.0 Å². The Balaban J connectivity index is 1.83. The summed E-state index contributed by atoms with van der Waals surface area (Å²) in [7, 11) is 0. The van der Waals surface area contributed by atoms with Gasteiger partial charge in [0.2, 0.25) is 0 Å². The summed E-state index contributed by atoms with van der Waals surface area (Å²) < 4.78 is 2.29. The van der Waals surface area contributed by atoms with Crippen molar-refractivity contribution in [3.63, 3.8) is 0 Å². The van der Waals surface area contributed by atoms with Gasteiger partial charge in [0.25, 0.3) is 0 Å². The molecule has 18 heavy (non-hydrogen) atoms. The SMILES string of the molecule is Cc1nnc(C2CC3CCCCC3N2)n1C(C)C. The van der Waals surface area contributed by atoms with E-state index in [-0.39, 0.29) is 0 Å². The van der Waals surface area contributed by atoms with Gasteiger partial charge in [0.05, 0.1) is 6.04 Å². The first kappa shape index (κ1) is 12.2. The van der Waals surface area contributed by atoms with E-state index in [0.717, 1.165) is 23.6 Å². The number of fused-ring (bicyclic) bond motifs is 1. The molecular formula is C14H24N4. The third-order valence-corrected chi connectivity index (χ3v) is 4.58. The number of hydrogen-bond donors (Lipinski definition) is 1. The van der Waals surface area contributed by atoms with Gasteiger partial charge in [0, 0.05) is 12.1 Å². The molecule has 0 amide bonds. The normalized spacial score (nSPS) is 31.9. The fourth-order valence-corrected chi connectivity index (χ4v) is 3.78. The van der Waals surface area contributed by atoms with Crippen molar-refractivity contribution in [2.45, 2.75) is 71.0 Å². The van der Waals surface area contributed by atoms with Crippen LogP contribution in [0, 0.1) is 12.8 Å². The second-order valence-corrected chi connectivity index (χ2v) is 6.18. The molecule has 2 aliphatic rings. The molecule has 1 aliphatic carbocycles. The zero-order chi connectivity index (χ0) is 12.7. The minimum atomic E-state index is 0.418. The van der Waals surface area contributed by atoms with Gasteiger partial charge < -0.3 is 9.88 Å². The average molecular weight is 248 g/mol. The second kappa shape index (κ2) is 4.65. The predicted octanol–water partition coefficient (Wildman–Crippen LogP) is 2.76. The molecule has 3 unspecified atom stereocenters. The summed E-state index contributed by atoms with van der Waals surface area (Å²) in [5.41, 5.74) is 0. The predicted molar refractivity (Wildman–Crippen MR) is 71.4 cm³/mol. The lowest BCUT2D eigenvalue weighted by atomic mass is 9.85. The second-order valence-electron chi connectivity index (χ2n) is 6.18. The molecule has 0 spiro atoms. The van der Waals surface area contributed by atoms with E-state index >= 15 is 0 Å². The third-order valence-electron chi connectivity index (χ3n) is 4.58. The Hall–Kier alpha value is -0.900. The van der Waals surface area contributed by atoms with E-state index in [2.05, 4.69) is 40.9 Å². The summed E-state index contributed by atoms with van der Waals surface area (Å²) in [5, 5.41) is 12.5. The van der Waals surface area contributed by atoms with Gasteiger partial charge in [-0.1, -0.05) is 12.8 Å². The van der Waals surface area contributed by atoms with Crippen molar-refractivity contribution in [3.05, 3.63) is 11.6 Å². The lowest BCUT2D eigenvalue weighted by molar-refractivity contribution is 0.325. The van der Waals surface area contributed by atoms with Gasteiger partial charge >= 0.3 is 0 Å². The van der Waals surface area contributed by atoms with Gasteiger partial charge in [0.1, 0.15) is 11.6 Å². The van der Waals surface area contributed by atoms with Crippen molar-refractivity contribution in [1.29, 1.82) is 0 Å². The fraction of sp³-hybridized carbons (Fsp3) is 0.857. The molecule has 0 radical (unpaired) electrons. The smallest absolute Gasteiger partial charge is 0.150 e. The highest BCUT2D eigenvalue weighted by Gasteiger charge is 2.38. The number of nitrogens with one attached hydrogen (secondary N) is 1. The standard InChI is InChI=1S/C14H24N4/c1-9(2)18-10(3)16-17-14(18)13-8-11-6-4-5-7-12(11)15-13/h9,11-13,15H,4-8H2,1-3H3. The van der Waals surface area contributed by atoms with Crippen LogP contribution in [0.1, 0.15) is 69.7 Å². The Kier molecular flexibility index (Phi) is 3.14. The monoisotopic (exact) mass is 248 g/mol. The molecule has 1 aromatic rings. The molecule has 1 aromatic heterocycles. The van der Waals surface area contributed by atoms with E-state index in [0.29, 0.717) is 12.1 Å². The molecule has 100 valence electrons. The molecule has 0 bridgehead atoms. The van der Waals surface area contributed by atoms with E-state index < -0.39 is 0 Å². The van der Waals surface area contributed by atoms with Crippen LogP contribution in [-0.2, 0) is 0 Å². The molecule has 1 saturated carbocycles. The largest absolute Gasteiger partial charge is 0.311 e. The maximum absolute atomic E-state index is 4.43. The highest BCUT2D eigenvalue weighted by molar-refractivity contribution is 5.07. The lowest BCUT2D eigenvalue weighted by Gasteiger charge is -2.24. The number of aromatic nitrogens is 3. The molecule has 4 nitrogen and oxygen atoms in total. The van der Waals surface area contributed by atoms with Crippen LogP contribution in [-0.4, -0.2) is 20.8 Å². The maximum Gasteiger partial charge on any atom is 0.150 e. The minimum Gasteiger partial charge on any atom is -0.311 e. The van der Waals surface area contributed by atoms with Crippen molar-refractivity contribution < 1.29 is 0 Å². The molecule has 1 aliphatic heterocycles. The zero-order valence-corrected chi connectivity index (χ0v) is 11.7. The molecule has 2 fully saturated rings. The Labute approximate surface area is 109 Å². The van der Waals surface area contributed by atoms with Crippen LogP contribution in [0.25, 0.3) is 0 Å². The summed E-state index contributed by atoms with van der Waals surface area (Å²) in [6, 6.07) is 1.59. The molecule has 3 atom stereocenters. The molecule has 2 heterocycles. The maximum atomic E-state index is 4.43. The summed E-state index contributed by atoms with van der Waals surface area (Å²) in [6.45, 7) is 6.47. The van der Waals surface area contributed by atoms with E-state index in [4.69, 9.17) is 0 Å². The molecule has 1 saturated heterocycles. The quantitative estimate of drug-likeness (QED) is 0.875. The van der Waals surface area contributed by atoms with Crippen molar-refractivity contribution in [2.24, 2.45) is 5.92 Å². The van der Waals surface area contributed by atoms with Crippen LogP contribution in [0.5, 0.6) is 0 Å². The molecule has 3 rings (SSSR count). The Bertz CT molecular complexity index is 409. The zero-order valence-electron chi connectivity index (χ0n) is 11.7. The van der Waals surface area contributed by atoms with Gasteiger partial charge in [-0.2, -0.15) is 0 Å². The Morgan fingerprint density at radius 1 is 1.22 bits per heavy atom. The van der Waals surface area contributed by atoms with E-state index in [1.54, 1.807) is 0 Å². The van der Waals surface area contributed by atoms with Crippen LogP contribution in [0.15, 0.2) is 0 Å². The number of nitrogens with zero attached hydrogens (tertiary/aromatic N) is 3. The van der Waals surface area contributed by atoms with E-state index in [1.165, 1.54) is 32.1 Å². The highest BCUT2D eigenvalue weighted by atomic mass is 15.3. The molecule has 1 N–H and O–H groups in total. The van der Waals surface area contributed by atoms with Crippen LogP contribution in [0.3, 0.4) is 0 Å². The Morgan fingerprint density at radius 3 is 2.72 bits per heavy atom. The first-order valence-electron chi connectivity index (χ1n) is 7.34. The van der Waals surface area contributed by atoms with Crippen molar-refractivity contribution in [1.82, 2.24) is 20.1 Å². The fourth-order valence-electron chi connectivity index (χ4n) is 3.78. The number of rotatable bonds is 2. The van der Waals surface area contributed by atoms with Crippen molar-refractivity contribution in [3.8, 4) is 0 Å². The Morgan fingerprint density at radius 2 is 2.00 bits per heavy atom. The van der Waals surface area contributed by atoms with Gasteiger partial charge in [-0.25, -0.2) is 0 Å². The average Bonchev–Trinajstić information content (AvgIpc) is 2.91. The van der Waals surface area contributed by atoms with Crippen LogP contribution in [0.4, 0.5) is 0 Å². The molecular weight excluding hydrogens is 224 g/mol.